The van der Waals surface area contributed by atoms with Gasteiger partial charge in [-0.3, -0.25) is 0 Å². The van der Waals surface area contributed by atoms with Crippen LogP contribution in [0.1, 0.15) is 46.6 Å². The number of hydrogen-bond donors (Lipinski definition) is 0. The summed E-state index contributed by atoms with van der Waals surface area (Å²) in [7, 11) is 0. The van der Waals surface area contributed by atoms with E-state index in [2.05, 4.69) is 142 Å². The molecule has 0 amide bonds. The Hall–Kier alpha value is -3.91. The molecule has 2 heteroatoms. The lowest BCUT2D eigenvalue weighted by Gasteiger charge is -2.33. The molecule has 0 bridgehead atoms. The number of hydrogen-bond acceptors (Lipinski definition) is 1. The summed E-state index contributed by atoms with van der Waals surface area (Å²) in [5, 5.41) is 5.07. The van der Waals surface area contributed by atoms with E-state index in [9.17, 15) is 0 Å². The maximum atomic E-state index is 5.07. The summed E-state index contributed by atoms with van der Waals surface area (Å²) in [6.45, 7) is 11.6. The molecular formula is C35H36N2. The van der Waals surface area contributed by atoms with Crippen LogP contribution in [0, 0.1) is 5.41 Å². The van der Waals surface area contributed by atoms with Gasteiger partial charge in [-0.25, -0.2) is 4.68 Å². The van der Waals surface area contributed by atoms with Crippen LogP contribution < -0.4 is 0 Å². The monoisotopic (exact) mass is 484 g/mol. The molecule has 0 spiro atoms. The quantitative estimate of drug-likeness (QED) is 0.235. The molecule has 1 heterocycles. The van der Waals surface area contributed by atoms with E-state index >= 15 is 0 Å². The second kappa shape index (κ2) is 9.86. The van der Waals surface area contributed by atoms with E-state index < -0.39 is 0 Å². The van der Waals surface area contributed by atoms with Gasteiger partial charge in [0.25, 0.3) is 0 Å². The van der Waals surface area contributed by atoms with Crippen molar-refractivity contribution in [1.82, 2.24) is 9.78 Å². The summed E-state index contributed by atoms with van der Waals surface area (Å²) in [6.07, 6.45) is 1.13. The van der Waals surface area contributed by atoms with E-state index in [-0.39, 0.29) is 10.8 Å². The minimum atomic E-state index is 0.113. The number of benzene rings is 4. The van der Waals surface area contributed by atoms with E-state index in [0.29, 0.717) is 0 Å². The summed E-state index contributed by atoms with van der Waals surface area (Å²) < 4.78 is 2.07. The molecule has 0 saturated heterocycles. The highest BCUT2D eigenvalue weighted by Gasteiger charge is 2.27. The maximum absolute atomic E-state index is 5.07. The molecule has 0 aliphatic rings. The maximum Gasteiger partial charge on any atom is 0.0934 e. The lowest BCUT2D eigenvalue weighted by Crippen LogP contribution is -2.24. The van der Waals surface area contributed by atoms with Crippen LogP contribution in [0.25, 0.3) is 39.3 Å². The minimum absolute atomic E-state index is 0.113. The van der Waals surface area contributed by atoms with Crippen molar-refractivity contribution in [2.24, 2.45) is 5.41 Å². The van der Waals surface area contributed by atoms with Crippen LogP contribution in [0.2, 0.25) is 0 Å². The van der Waals surface area contributed by atoms with Gasteiger partial charge in [-0.2, -0.15) is 5.10 Å². The first-order valence-corrected chi connectivity index (χ1v) is 13.1. The standard InChI is InChI=1S/C35H36N2/c1-34(2,3)25-35(4,5)30-22-20-29(21-23-30)33-24-32(36-37(33)31-14-10-7-11-15-31)28-18-16-27(17-19-28)26-12-8-6-9-13-26/h6-24H,25H2,1-5H3. The van der Waals surface area contributed by atoms with Gasteiger partial charge < -0.3 is 0 Å². The molecule has 0 unspecified atom stereocenters. The average Bonchev–Trinajstić information content (AvgIpc) is 3.34. The van der Waals surface area contributed by atoms with E-state index in [1.54, 1.807) is 0 Å². The van der Waals surface area contributed by atoms with Crippen LogP contribution in [0.3, 0.4) is 0 Å². The minimum Gasteiger partial charge on any atom is -0.232 e. The Morgan fingerprint density at radius 1 is 0.568 bits per heavy atom. The zero-order chi connectivity index (χ0) is 26.0. The fourth-order valence-corrected chi connectivity index (χ4v) is 5.48. The summed E-state index contributed by atoms with van der Waals surface area (Å²) in [4.78, 5) is 0. The fraction of sp³-hybridized carbons (Fsp3) is 0.229. The topological polar surface area (TPSA) is 17.8 Å². The lowest BCUT2D eigenvalue weighted by atomic mass is 9.72. The first kappa shape index (κ1) is 24.8. The second-order valence-corrected chi connectivity index (χ2v) is 11.8. The molecule has 0 saturated carbocycles. The Balaban J connectivity index is 1.52. The summed E-state index contributed by atoms with van der Waals surface area (Å²) in [5.41, 5.74) is 9.58. The molecule has 2 nitrogen and oxygen atoms in total. The highest BCUT2D eigenvalue weighted by molar-refractivity contribution is 5.73. The first-order chi connectivity index (χ1) is 17.7. The van der Waals surface area contributed by atoms with Gasteiger partial charge in [-0.05, 0) is 52.1 Å². The first-order valence-electron chi connectivity index (χ1n) is 13.1. The van der Waals surface area contributed by atoms with Gasteiger partial charge in [0.15, 0.2) is 0 Å². The number of nitrogens with zero attached hydrogens (tertiary/aromatic N) is 2. The van der Waals surface area contributed by atoms with Gasteiger partial charge in [0.2, 0.25) is 0 Å². The Morgan fingerprint density at radius 3 is 1.68 bits per heavy atom. The molecule has 186 valence electrons. The normalized spacial score (nSPS) is 12.0. The van der Waals surface area contributed by atoms with Crippen molar-refractivity contribution in [3.8, 4) is 39.3 Å². The fourth-order valence-electron chi connectivity index (χ4n) is 5.48. The number of para-hydroxylation sites is 1. The summed E-state index contributed by atoms with van der Waals surface area (Å²) in [6, 6.07) is 40.9. The molecule has 0 atom stereocenters. The van der Waals surface area contributed by atoms with Crippen molar-refractivity contribution >= 4 is 0 Å². The van der Waals surface area contributed by atoms with Gasteiger partial charge in [-0.1, -0.05) is 132 Å². The molecule has 37 heavy (non-hydrogen) atoms. The van der Waals surface area contributed by atoms with Gasteiger partial charge in [0.1, 0.15) is 0 Å². The van der Waals surface area contributed by atoms with Gasteiger partial charge in [0.05, 0.1) is 17.1 Å². The molecule has 0 N–H and O–H groups in total. The molecule has 0 radical (unpaired) electrons. The number of aromatic nitrogens is 2. The van der Waals surface area contributed by atoms with Crippen LogP contribution in [-0.4, -0.2) is 9.78 Å². The van der Waals surface area contributed by atoms with E-state index in [1.165, 1.54) is 22.3 Å². The van der Waals surface area contributed by atoms with Crippen molar-refractivity contribution in [3.05, 3.63) is 121 Å². The van der Waals surface area contributed by atoms with E-state index in [0.717, 1.165) is 29.1 Å². The molecule has 4 aromatic carbocycles. The molecule has 0 fully saturated rings. The highest BCUT2D eigenvalue weighted by atomic mass is 15.3. The molecule has 1 aromatic heterocycles. The Kier molecular flexibility index (Phi) is 6.60. The van der Waals surface area contributed by atoms with Crippen LogP contribution in [0.5, 0.6) is 0 Å². The predicted octanol–water partition coefficient (Wildman–Crippen LogP) is 9.59. The summed E-state index contributed by atoms with van der Waals surface area (Å²) >= 11 is 0. The Morgan fingerprint density at radius 2 is 1.08 bits per heavy atom. The van der Waals surface area contributed by atoms with E-state index in [1.807, 2.05) is 12.1 Å². The smallest absolute Gasteiger partial charge is 0.0934 e. The third kappa shape index (κ3) is 5.59. The van der Waals surface area contributed by atoms with Crippen molar-refractivity contribution in [2.75, 3.05) is 0 Å². The third-order valence-corrected chi connectivity index (χ3v) is 6.93. The largest absolute Gasteiger partial charge is 0.232 e. The van der Waals surface area contributed by atoms with Gasteiger partial charge >= 0.3 is 0 Å². The second-order valence-electron chi connectivity index (χ2n) is 11.8. The Bertz CT molecular complexity index is 1450. The highest BCUT2D eigenvalue weighted by Crippen LogP contribution is 2.37. The van der Waals surface area contributed by atoms with E-state index in [4.69, 9.17) is 5.10 Å². The zero-order valence-electron chi connectivity index (χ0n) is 22.6. The molecular weight excluding hydrogens is 448 g/mol. The SMILES string of the molecule is CC(C)(C)CC(C)(C)c1ccc(-c2cc(-c3ccc(-c4ccccc4)cc3)nn2-c2ccccc2)cc1. The van der Waals surface area contributed by atoms with Crippen molar-refractivity contribution < 1.29 is 0 Å². The molecule has 5 rings (SSSR count). The van der Waals surface area contributed by atoms with Gasteiger partial charge in [-0.15, -0.1) is 0 Å². The van der Waals surface area contributed by atoms with Crippen molar-refractivity contribution in [1.29, 1.82) is 0 Å². The van der Waals surface area contributed by atoms with Gasteiger partial charge in [0, 0.05) is 11.1 Å². The van der Waals surface area contributed by atoms with Crippen LogP contribution in [0.15, 0.2) is 115 Å². The molecule has 5 aromatic rings. The van der Waals surface area contributed by atoms with Crippen LogP contribution in [-0.2, 0) is 5.41 Å². The van der Waals surface area contributed by atoms with Crippen molar-refractivity contribution in [2.45, 2.75) is 46.5 Å². The summed E-state index contributed by atoms with van der Waals surface area (Å²) in [5.74, 6) is 0. The lowest BCUT2D eigenvalue weighted by molar-refractivity contribution is 0.284. The third-order valence-electron chi connectivity index (χ3n) is 6.93. The van der Waals surface area contributed by atoms with Crippen LogP contribution >= 0.6 is 0 Å². The average molecular weight is 485 g/mol. The zero-order valence-corrected chi connectivity index (χ0v) is 22.6. The van der Waals surface area contributed by atoms with Crippen molar-refractivity contribution in [3.63, 3.8) is 0 Å². The van der Waals surface area contributed by atoms with Crippen LogP contribution in [0.4, 0.5) is 0 Å². The predicted molar refractivity (Wildman–Crippen MR) is 157 cm³/mol. The Labute approximate surface area is 221 Å². The number of rotatable bonds is 6. The molecule has 0 aliphatic heterocycles. The molecule has 0 aliphatic carbocycles.